The molecule has 0 aliphatic carbocycles. The highest BCUT2D eigenvalue weighted by atomic mass is 35.5. The number of nitrogens with one attached hydrogen (secondary N) is 1. The van der Waals surface area contributed by atoms with Crippen LogP contribution in [0.4, 0.5) is 24.7 Å². The number of hydrogen-bond acceptors (Lipinski definition) is 7. The Kier molecular flexibility index (Phi) is 7.72. The van der Waals surface area contributed by atoms with Gasteiger partial charge in [-0.05, 0) is 49.1 Å². The first-order chi connectivity index (χ1) is 21.5. The third-order valence-corrected chi connectivity index (χ3v) is 8.83. The van der Waals surface area contributed by atoms with Gasteiger partial charge in [0.25, 0.3) is 0 Å². The number of anilines is 2. The number of carbonyl (C=O) groups excluding carboxylic acids is 1. The van der Waals surface area contributed by atoms with E-state index in [9.17, 15) is 19.1 Å². The Hall–Kier alpha value is -4.58. The van der Waals surface area contributed by atoms with Gasteiger partial charge < -0.3 is 20.2 Å². The lowest BCUT2D eigenvalue weighted by molar-refractivity contribution is -0.126. The van der Waals surface area contributed by atoms with E-state index >= 15 is 8.78 Å². The van der Waals surface area contributed by atoms with Gasteiger partial charge in [0, 0.05) is 44.0 Å². The Bertz CT molecular complexity index is 1960. The summed E-state index contributed by atoms with van der Waals surface area (Å²) in [5.74, 6) is -4.87. The number of rotatable bonds is 4. The predicted molar refractivity (Wildman–Crippen MR) is 167 cm³/mol. The van der Waals surface area contributed by atoms with Crippen molar-refractivity contribution in [2.75, 3.05) is 36.4 Å². The first-order valence-electron chi connectivity index (χ1n) is 14.5. The third-order valence-electron chi connectivity index (χ3n) is 8.46. The van der Waals surface area contributed by atoms with Gasteiger partial charge in [0.15, 0.2) is 17.5 Å². The number of benzene rings is 2. The second kappa shape index (κ2) is 11.4. The molecule has 2 aromatic heterocycles. The number of aryl methyl sites for hydroxylation is 1. The maximum absolute atomic E-state index is 16.8. The van der Waals surface area contributed by atoms with Crippen molar-refractivity contribution in [2.24, 2.45) is 0 Å². The fourth-order valence-corrected chi connectivity index (χ4v) is 6.69. The van der Waals surface area contributed by atoms with Gasteiger partial charge in [-0.2, -0.15) is 4.98 Å². The molecule has 2 aromatic carbocycles. The SMILES string of the molecule is C=CC(=O)N1CCN2c3nc(=O)n(-c4c(C)ccnc4C(C)C)c4c(Cl)c(-c5c(O)ccc(F)c5F)c(F)c(c34)NCCC2C1. The number of aromatic hydroxyl groups is 1. The van der Waals surface area contributed by atoms with E-state index in [2.05, 4.69) is 21.9 Å². The summed E-state index contributed by atoms with van der Waals surface area (Å²) in [7, 11) is 0. The molecule has 2 N–H and O–H groups in total. The standard InChI is InChI=1S/C32H30ClF3N6O3/c1-5-20(44)40-12-13-41-17(14-40)9-11-38-28-23-30(24(33)22(26(28)36)21-19(43)7-6-18(34)25(21)35)42(32(45)39-31(23)41)29-16(4)8-10-37-27(29)15(2)3/h5-8,10,15,17,38,43H,1,9,11-14H2,2-4H3. The molecule has 6 rings (SSSR count). The van der Waals surface area contributed by atoms with E-state index in [1.54, 1.807) is 24.1 Å². The molecule has 0 bridgehead atoms. The number of pyridine rings is 1. The minimum atomic E-state index is -1.50. The number of halogens is 4. The Morgan fingerprint density at radius 3 is 2.64 bits per heavy atom. The minimum absolute atomic E-state index is 0.0168. The molecule has 2 aliphatic heterocycles. The number of fused-ring (bicyclic) bond motifs is 2. The molecule has 1 unspecified atom stereocenters. The zero-order valence-corrected chi connectivity index (χ0v) is 25.6. The summed E-state index contributed by atoms with van der Waals surface area (Å²) in [5, 5.41) is 13.5. The summed E-state index contributed by atoms with van der Waals surface area (Å²) in [6.45, 7) is 10.2. The van der Waals surface area contributed by atoms with Crippen LogP contribution in [0.1, 0.15) is 37.4 Å². The van der Waals surface area contributed by atoms with Gasteiger partial charge in [0.2, 0.25) is 5.91 Å². The summed E-state index contributed by atoms with van der Waals surface area (Å²) in [6, 6.07) is 3.04. The Labute approximate surface area is 261 Å². The highest BCUT2D eigenvalue weighted by Gasteiger charge is 2.37. The molecule has 1 atom stereocenters. The van der Waals surface area contributed by atoms with Gasteiger partial charge in [-0.3, -0.25) is 14.3 Å². The van der Waals surface area contributed by atoms with Crippen molar-refractivity contribution in [1.82, 2.24) is 19.4 Å². The largest absolute Gasteiger partial charge is 0.507 e. The number of carbonyl (C=O) groups is 1. The third kappa shape index (κ3) is 4.78. The molecular formula is C32H30ClF3N6O3. The average Bonchev–Trinajstić information content (AvgIpc) is 3.00. The first kappa shape index (κ1) is 30.4. The number of phenols is 1. The lowest BCUT2D eigenvalue weighted by Gasteiger charge is -2.43. The van der Waals surface area contributed by atoms with Crippen LogP contribution >= 0.6 is 11.6 Å². The second-order valence-electron chi connectivity index (χ2n) is 11.5. The van der Waals surface area contributed by atoms with Crippen LogP contribution in [0.25, 0.3) is 27.7 Å². The fourth-order valence-electron chi connectivity index (χ4n) is 6.34. The maximum Gasteiger partial charge on any atom is 0.354 e. The van der Waals surface area contributed by atoms with Crippen LogP contribution in [0.15, 0.2) is 41.8 Å². The topological polar surface area (TPSA) is 104 Å². The number of nitrogens with zero attached hydrogens (tertiary/aromatic N) is 5. The van der Waals surface area contributed by atoms with E-state index in [1.807, 2.05) is 18.7 Å². The lowest BCUT2D eigenvalue weighted by atomic mass is 9.96. The Balaban J connectivity index is 1.78. The quantitative estimate of drug-likeness (QED) is 0.278. The molecular weight excluding hydrogens is 609 g/mol. The zero-order valence-electron chi connectivity index (χ0n) is 24.8. The molecule has 4 heterocycles. The molecule has 0 radical (unpaired) electrons. The van der Waals surface area contributed by atoms with Crippen molar-refractivity contribution < 1.29 is 23.1 Å². The molecule has 0 spiro atoms. The molecule has 0 saturated carbocycles. The van der Waals surface area contributed by atoms with Crippen LogP contribution in [0.2, 0.25) is 5.02 Å². The van der Waals surface area contributed by atoms with E-state index in [4.69, 9.17) is 11.6 Å². The molecule has 234 valence electrons. The van der Waals surface area contributed by atoms with E-state index in [-0.39, 0.29) is 53.4 Å². The highest BCUT2D eigenvalue weighted by molar-refractivity contribution is 6.39. The highest BCUT2D eigenvalue weighted by Crippen LogP contribution is 2.49. The summed E-state index contributed by atoms with van der Waals surface area (Å²) in [5.41, 5.74) is -0.762. The number of aromatic nitrogens is 3. The first-order valence-corrected chi connectivity index (χ1v) is 14.9. The summed E-state index contributed by atoms with van der Waals surface area (Å²) < 4.78 is 47.9. The average molecular weight is 639 g/mol. The molecule has 9 nitrogen and oxygen atoms in total. The van der Waals surface area contributed by atoms with Gasteiger partial charge in [-0.15, -0.1) is 0 Å². The number of amides is 1. The van der Waals surface area contributed by atoms with Crippen LogP contribution < -0.4 is 15.9 Å². The van der Waals surface area contributed by atoms with Gasteiger partial charge in [-0.25, -0.2) is 18.0 Å². The van der Waals surface area contributed by atoms with E-state index in [0.29, 0.717) is 36.5 Å². The van der Waals surface area contributed by atoms with Crippen molar-refractivity contribution >= 4 is 39.9 Å². The van der Waals surface area contributed by atoms with E-state index in [1.165, 1.54) is 10.6 Å². The van der Waals surface area contributed by atoms with Crippen molar-refractivity contribution in [1.29, 1.82) is 0 Å². The monoisotopic (exact) mass is 638 g/mol. The second-order valence-corrected chi connectivity index (χ2v) is 11.9. The summed E-state index contributed by atoms with van der Waals surface area (Å²) >= 11 is 7.01. The van der Waals surface area contributed by atoms with Gasteiger partial charge >= 0.3 is 5.69 Å². The molecule has 1 amide bonds. The van der Waals surface area contributed by atoms with Crippen LogP contribution in [0, 0.1) is 24.4 Å². The number of piperazine rings is 1. The summed E-state index contributed by atoms with van der Waals surface area (Å²) in [4.78, 5) is 39.2. The van der Waals surface area contributed by atoms with Crippen molar-refractivity contribution in [3.8, 4) is 22.6 Å². The molecule has 4 aromatic rings. The number of hydrogen-bond donors (Lipinski definition) is 2. The van der Waals surface area contributed by atoms with Crippen molar-refractivity contribution in [2.45, 2.75) is 39.2 Å². The predicted octanol–water partition coefficient (Wildman–Crippen LogP) is 5.67. The van der Waals surface area contributed by atoms with Crippen LogP contribution in [0.5, 0.6) is 5.75 Å². The van der Waals surface area contributed by atoms with Crippen molar-refractivity contribution in [3.05, 3.63) is 81.3 Å². The van der Waals surface area contributed by atoms with Crippen LogP contribution in [-0.4, -0.2) is 62.7 Å². The molecule has 1 saturated heterocycles. The lowest BCUT2D eigenvalue weighted by Crippen LogP contribution is -2.56. The fraction of sp³-hybridized carbons (Fsp3) is 0.312. The van der Waals surface area contributed by atoms with E-state index < -0.39 is 45.0 Å². The smallest absolute Gasteiger partial charge is 0.354 e. The van der Waals surface area contributed by atoms with Crippen LogP contribution in [-0.2, 0) is 4.79 Å². The molecule has 1 fully saturated rings. The molecule has 2 aliphatic rings. The van der Waals surface area contributed by atoms with Crippen molar-refractivity contribution in [3.63, 3.8) is 0 Å². The molecule has 13 heteroatoms. The van der Waals surface area contributed by atoms with Gasteiger partial charge in [0.05, 0.1) is 38.6 Å². The maximum atomic E-state index is 16.8. The van der Waals surface area contributed by atoms with Crippen LogP contribution in [0.3, 0.4) is 0 Å². The Morgan fingerprint density at radius 1 is 1.18 bits per heavy atom. The zero-order chi connectivity index (χ0) is 32.3. The number of phenolic OH excluding ortho intramolecular Hbond substituents is 1. The normalized spacial score (nSPS) is 16.3. The minimum Gasteiger partial charge on any atom is -0.507 e. The van der Waals surface area contributed by atoms with Gasteiger partial charge in [0.1, 0.15) is 11.6 Å². The van der Waals surface area contributed by atoms with Gasteiger partial charge in [-0.1, -0.05) is 32.0 Å². The summed E-state index contributed by atoms with van der Waals surface area (Å²) in [6.07, 6.45) is 3.27. The molecule has 45 heavy (non-hydrogen) atoms. The van der Waals surface area contributed by atoms with E-state index in [0.717, 1.165) is 12.1 Å². The Morgan fingerprint density at radius 2 is 1.93 bits per heavy atom.